The Labute approximate surface area is 358 Å². The van der Waals surface area contributed by atoms with Crippen LogP contribution in [0.25, 0.3) is 0 Å². The van der Waals surface area contributed by atoms with Crippen molar-refractivity contribution in [2.24, 2.45) is 0 Å². The van der Waals surface area contributed by atoms with Gasteiger partial charge in [0.15, 0.2) is 0 Å². The molecule has 9 N–H and O–H groups in total. The van der Waals surface area contributed by atoms with Crippen LogP contribution in [0.4, 0.5) is 0 Å². The molecule has 0 aliphatic carbocycles. The number of hydrogen-bond donors (Lipinski definition) is 9. The maximum absolute atomic E-state index is 12.0. The van der Waals surface area contributed by atoms with Crippen molar-refractivity contribution in [1.82, 2.24) is 0 Å². The SMILES string of the molecule is CCCCCCCCCCCCCCCCCC(=O)OCC(O)COCC(O)COCC(O)COCC(O)COCC(O)COCC(O)COCC(O)COCC(O)CO. The summed E-state index contributed by atoms with van der Waals surface area (Å²) in [6.07, 6.45) is 10.9. The maximum Gasteiger partial charge on any atom is 0.305 e. The molecule has 0 saturated carbocycles. The Hall–Kier alpha value is -1.17. The van der Waals surface area contributed by atoms with E-state index in [1.54, 1.807) is 0 Å². The van der Waals surface area contributed by atoms with Gasteiger partial charge in [0, 0.05) is 6.42 Å². The molecule has 0 heterocycles. The van der Waals surface area contributed by atoms with Gasteiger partial charge in [-0.05, 0) is 6.42 Å². The Kier molecular flexibility index (Phi) is 42.3. The van der Waals surface area contributed by atoms with E-state index in [0.29, 0.717) is 6.42 Å². The lowest BCUT2D eigenvalue weighted by Gasteiger charge is -2.18. The van der Waals surface area contributed by atoms with E-state index in [9.17, 15) is 45.6 Å². The Bertz CT molecular complexity index is 907. The Morgan fingerprint density at radius 1 is 0.333 bits per heavy atom. The molecule has 0 aliphatic heterocycles. The van der Waals surface area contributed by atoms with Crippen LogP contribution in [-0.2, 0) is 42.7 Å². The molecule has 18 heteroatoms. The summed E-state index contributed by atoms with van der Waals surface area (Å²) in [5.41, 5.74) is 0. The summed E-state index contributed by atoms with van der Waals surface area (Å²) in [4.78, 5) is 12.0. The van der Waals surface area contributed by atoms with E-state index in [4.69, 9.17) is 43.0 Å². The highest BCUT2D eigenvalue weighted by atomic mass is 16.6. The molecule has 0 rings (SSSR count). The van der Waals surface area contributed by atoms with Crippen molar-refractivity contribution in [3.05, 3.63) is 0 Å². The lowest BCUT2D eigenvalue weighted by atomic mass is 10.0. The van der Waals surface area contributed by atoms with Gasteiger partial charge in [0.2, 0.25) is 0 Å². The van der Waals surface area contributed by atoms with Crippen molar-refractivity contribution in [2.45, 2.75) is 158 Å². The van der Waals surface area contributed by atoms with Crippen molar-refractivity contribution in [1.29, 1.82) is 0 Å². The van der Waals surface area contributed by atoms with Gasteiger partial charge in [0.05, 0.1) is 99.1 Å². The minimum atomic E-state index is -1.04. The highest BCUT2D eigenvalue weighted by Gasteiger charge is 2.15. The van der Waals surface area contributed by atoms with E-state index in [1.165, 1.54) is 77.0 Å². The third kappa shape index (κ3) is 42.1. The van der Waals surface area contributed by atoms with E-state index < -0.39 is 55.4 Å². The fraction of sp³-hybridized carbons (Fsp3) is 0.976. The Morgan fingerprint density at radius 2 is 0.550 bits per heavy atom. The van der Waals surface area contributed by atoms with E-state index in [0.717, 1.165) is 19.3 Å². The van der Waals surface area contributed by atoms with Crippen LogP contribution in [0, 0.1) is 0 Å². The highest BCUT2D eigenvalue weighted by Crippen LogP contribution is 2.14. The van der Waals surface area contributed by atoms with Gasteiger partial charge in [-0.2, -0.15) is 0 Å². The van der Waals surface area contributed by atoms with E-state index >= 15 is 0 Å². The van der Waals surface area contributed by atoms with E-state index in [-0.39, 0.29) is 105 Å². The fourth-order valence-corrected chi connectivity index (χ4v) is 5.67. The molecule has 18 nitrogen and oxygen atoms in total. The quantitative estimate of drug-likeness (QED) is 0.0302. The minimum absolute atomic E-state index is 0.116. The molecule has 8 unspecified atom stereocenters. The molecule has 0 amide bonds. The summed E-state index contributed by atoms with van der Waals surface area (Å²) in [6.45, 7) is -0.392. The van der Waals surface area contributed by atoms with Gasteiger partial charge >= 0.3 is 5.97 Å². The van der Waals surface area contributed by atoms with Crippen LogP contribution in [0.5, 0.6) is 0 Å². The van der Waals surface area contributed by atoms with Crippen LogP contribution in [0.3, 0.4) is 0 Å². The number of aliphatic hydroxyl groups is 9. The highest BCUT2D eigenvalue weighted by molar-refractivity contribution is 5.69. The van der Waals surface area contributed by atoms with Gasteiger partial charge < -0.3 is 83.9 Å². The van der Waals surface area contributed by atoms with E-state index in [1.807, 2.05) is 0 Å². The molecule has 360 valence electrons. The molecule has 0 radical (unpaired) electrons. The number of aliphatic hydroxyl groups excluding tert-OH is 9. The Balaban J connectivity index is 3.66. The zero-order valence-electron chi connectivity index (χ0n) is 36.4. The molecule has 0 aromatic heterocycles. The van der Waals surface area contributed by atoms with Crippen LogP contribution in [0.2, 0.25) is 0 Å². The normalized spacial score (nSPS) is 16.0. The molecule has 0 spiro atoms. The van der Waals surface area contributed by atoms with Crippen LogP contribution in [0.1, 0.15) is 110 Å². The molecule has 0 aromatic carbocycles. The molecule has 0 bridgehead atoms. The van der Waals surface area contributed by atoms with Crippen molar-refractivity contribution in [2.75, 3.05) is 106 Å². The molecule has 0 aromatic rings. The Morgan fingerprint density at radius 3 is 0.800 bits per heavy atom. The molecule has 0 fully saturated rings. The molecule has 8 atom stereocenters. The van der Waals surface area contributed by atoms with Crippen molar-refractivity contribution >= 4 is 5.97 Å². The lowest BCUT2D eigenvalue weighted by molar-refractivity contribution is -0.148. The molecule has 0 saturated heterocycles. The summed E-state index contributed by atoms with van der Waals surface area (Å²) in [5, 5.41) is 87.6. The molecule has 0 aliphatic rings. The summed E-state index contributed by atoms with van der Waals surface area (Å²) < 4.78 is 41.6. The second-order valence-corrected chi connectivity index (χ2v) is 15.6. The number of carbonyl (C=O) groups is 1. The minimum Gasteiger partial charge on any atom is -0.463 e. The topological polar surface area (TPSA) is 273 Å². The number of carbonyl (C=O) groups excluding carboxylic acids is 1. The summed E-state index contributed by atoms with van der Waals surface area (Å²) in [6, 6.07) is 0. The van der Waals surface area contributed by atoms with Gasteiger partial charge in [-0.15, -0.1) is 0 Å². The first-order valence-corrected chi connectivity index (χ1v) is 22.2. The van der Waals surface area contributed by atoms with Crippen LogP contribution >= 0.6 is 0 Å². The number of ether oxygens (including phenoxy) is 8. The summed E-state index contributed by atoms with van der Waals surface area (Å²) in [5.74, 6) is -0.350. The predicted octanol–water partition coefficient (Wildman–Crippen LogP) is 0.787. The standard InChI is InChI=1S/C42H84O18/c1-2-3-4-5-6-7-8-9-10-11-12-13-14-15-16-17-42(52)60-33-41(51)32-59-31-40(50)30-58-29-39(49)28-57-27-38(48)26-56-25-37(47)24-55-23-36(46)22-54-21-35(45)20-53-19-34(44)18-43/h34-41,43-51H,2-33H2,1H3. The lowest BCUT2D eigenvalue weighted by Crippen LogP contribution is -2.31. The second kappa shape index (κ2) is 43.1. The number of rotatable bonds is 47. The third-order valence-electron chi connectivity index (χ3n) is 8.98. The smallest absolute Gasteiger partial charge is 0.305 e. The number of esters is 1. The predicted molar refractivity (Wildman–Crippen MR) is 221 cm³/mol. The first-order valence-electron chi connectivity index (χ1n) is 22.2. The van der Waals surface area contributed by atoms with Gasteiger partial charge in [0.1, 0.15) is 55.4 Å². The van der Waals surface area contributed by atoms with Crippen LogP contribution < -0.4 is 0 Å². The fourth-order valence-electron chi connectivity index (χ4n) is 5.67. The van der Waals surface area contributed by atoms with Crippen molar-refractivity contribution < 1.29 is 88.6 Å². The van der Waals surface area contributed by atoms with Crippen molar-refractivity contribution in [3.63, 3.8) is 0 Å². The van der Waals surface area contributed by atoms with Crippen molar-refractivity contribution in [3.8, 4) is 0 Å². The average molecular weight is 877 g/mol. The van der Waals surface area contributed by atoms with Gasteiger partial charge in [0.25, 0.3) is 0 Å². The number of hydrogen-bond acceptors (Lipinski definition) is 18. The summed E-state index contributed by atoms with van der Waals surface area (Å²) in [7, 11) is 0. The average Bonchev–Trinajstić information content (AvgIpc) is 3.21. The summed E-state index contributed by atoms with van der Waals surface area (Å²) >= 11 is 0. The zero-order valence-corrected chi connectivity index (χ0v) is 36.4. The molecule has 60 heavy (non-hydrogen) atoms. The van der Waals surface area contributed by atoms with Gasteiger partial charge in [-0.25, -0.2) is 0 Å². The van der Waals surface area contributed by atoms with E-state index in [2.05, 4.69) is 6.92 Å². The zero-order chi connectivity index (χ0) is 44.5. The van der Waals surface area contributed by atoms with Crippen LogP contribution in [0.15, 0.2) is 0 Å². The first-order chi connectivity index (χ1) is 29.0. The number of unbranched alkanes of at least 4 members (excludes halogenated alkanes) is 14. The van der Waals surface area contributed by atoms with Gasteiger partial charge in [-0.3, -0.25) is 4.79 Å². The van der Waals surface area contributed by atoms with Gasteiger partial charge in [-0.1, -0.05) is 96.8 Å². The molecular weight excluding hydrogens is 792 g/mol. The third-order valence-corrected chi connectivity index (χ3v) is 8.98. The maximum atomic E-state index is 12.0. The van der Waals surface area contributed by atoms with Crippen LogP contribution in [-0.4, -0.2) is 206 Å². The first kappa shape index (κ1) is 58.8. The monoisotopic (exact) mass is 877 g/mol. The second-order valence-electron chi connectivity index (χ2n) is 15.6. The largest absolute Gasteiger partial charge is 0.463 e. The molecular formula is C42H84O18.